The van der Waals surface area contributed by atoms with Gasteiger partial charge in [0.1, 0.15) is 6.29 Å². The Morgan fingerprint density at radius 3 is 2.50 bits per heavy atom. The molecule has 0 radical (unpaired) electrons. The van der Waals surface area contributed by atoms with Gasteiger partial charge in [0.15, 0.2) is 0 Å². The highest BCUT2D eigenvalue weighted by Gasteiger charge is 2.10. The maximum atomic E-state index is 10.0. The molecule has 0 unspecified atom stereocenters. The SMILES string of the molecule is C/C(=C\C=O)CCCC(C)(C)O. The van der Waals surface area contributed by atoms with Gasteiger partial charge >= 0.3 is 0 Å². The van der Waals surface area contributed by atoms with E-state index in [-0.39, 0.29) is 0 Å². The number of carbonyl (C=O) groups excluding carboxylic acids is 1. The molecule has 0 aromatic rings. The molecule has 0 saturated heterocycles. The Labute approximate surface area is 74.3 Å². The fourth-order valence-electron chi connectivity index (χ4n) is 0.999. The summed E-state index contributed by atoms with van der Waals surface area (Å²) in [5, 5.41) is 9.37. The van der Waals surface area contributed by atoms with Crippen LogP contribution in [0, 0.1) is 0 Å². The van der Waals surface area contributed by atoms with Crippen LogP contribution in [0.2, 0.25) is 0 Å². The molecule has 0 aromatic carbocycles. The van der Waals surface area contributed by atoms with Crippen LogP contribution in [-0.2, 0) is 4.79 Å². The van der Waals surface area contributed by atoms with Crippen LogP contribution >= 0.6 is 0 Å². The third kappa shape index (κ3) is 7.48. The van der Waals surface area contributed by atoms with Gasteiger partial charge in [-0.15, -0.1) is 0 Å². The van der Waals surface area contributed by atoms with Gasteiger partial charge in [0.2, 0.25) is 0 Å². The van der Waals surface area contributed by atoms with E-state index in [1.807, 2.05) is 6.92 Å². The van der Waals surface area contributed by atoms with Crippen molar-refractivity contribution in [2.24, 2.45) is 0 Å². The monoisotopic (exact) mass is 170 g/mol. The van der Waals surface area contributed by atoms with Crippen LogP contribution in [0.1, 0.15) is 40.0 Å². The standard InChI is InChI=1S/C10H18O2/c1-9(6-8-11)5-4-7-10(2,3)12/h6,8,12H,4-5,7H2,1-3H3/b9-6+. The number of carbonyl (C=O) groups is 1. The summed E-state index contributed by atoms with van der Waals surface area (Å²) in [5.74, 6) is 0. The van der Waals surface area contributed by atoms with Gasteiger partial charge < -0.3 is 5.11 Å². The predicted molar refractivity (Wildman–Crippen MR) is 50.0 cm³/mol. The number of rotatable bonds is 5. The molecule has 0 aliphatic heterocycles. The summed E-state index contributed by atoms with van der Waals surface area (Å²) in [7, 11) is 0. The van der Waals surface area contributed by atoms with Crippen LogP contribution in [0.5, 0.6) is 0 Å². The molecule has 0 aliphatic carbocycles. The number of aliphatic hydroxyl groups is 1. The lowest BCUT2D eigenvalue weighted by Crippen LogP contribution is -2.17. The summed E-state index contributed by atoms with van der Waals surface area (Å²) in [5.41, 5.74) is 0.496. The van der Waals surface area contributed by atoms with Gasteiger partial charge in [0.25, 0.3) is 0 Å². The Morgan fingerprint density at radius 1 is 1.50 bits per heavy atom. The second-order valence-electron chi connectivity index (χ2n) is 3.82. The molecule has 0 bridgehead atoms. The Kier molecular flexibility index (Phi) is 4.83. The first-order valence-corrected chi connectivity index (χ1v) is 4.29. The zero-order chi connectivity index (χ0) is 9.61. The van der Waals surface area contributed by atoms with Gasteiger partial charge in [-0.05, 0) is 46.1 Å². The molecule has 0 saturated carbocycles. The molecule has 0 heterocycles. The van der Waals surface area contributed by atoms with Gasteiger partial charge in [-0.2, -0.15) is 0 Å². The highest BCUT2D eigenvalue weighted by Crippen LogP contribution is 2.14. The number of allylic oxidation sites excluding steroid dienone is 2. The maximum absolute atomic E-state index is 10.0. The minimum Gasteiger partial charge on any atom is -0.390 e. The van der Waals surface area contributed by atoms with Crippen molar-refractivity contribution < 1.29 is 9.90 Å². The lowest BCUT2D eigenvalue weighted by atomic mass is 9.99. The smallest absolute Gasteiger partial charge is 0.142 e. The van der Waals surface area contributed by atoms with E-state index in [9.17, 15) is 9.90 Å². The van der Waals surface area contributed by atoms with Crippen LogP contribution in [0.25, 0.3) is 0 Å². The lowest BCUT2D eigenvalue weighted by molar-refractivity contribution is -0.104. The van der Waals surface area contributed by atoms with E-state index >= 15 is 0 Å². The van der Waals surface area contributed by atoms with Crippen LogP contribution < -0.4 is 0 Å². The summed E-state index contributed by atoms with van der Waals surface area (Å²) in [6.07, 6.45) is 4.98. The van der Waals surface area contributed by atoms with Gasteiger partial charge in [0.05, 0.1) is 5.60 Å². The quantitative estimate of drug-likeness (QED) is 0.506. The second kappa shape index (κ2) is 5.09. The lowest BCUT2D eigenvalue weighted by Gasteiger charge is -2.16. The summed E-state index contributed by atoms with van der Waals surface area (Å²) < 4.78 is 0. The number of hydrogen-bond acceptors (Lipinski definition) is 2. The van der Waals surface area contributed by atoms with Crippen molar-refractivity contribution in [1.29, 1.82) is 0 Å². The van der Waals surface area contributed by atoms with E-state index in [1.54, 1.807) is 19.9 Å². The number of hydrogen-bond donors (Lipinski definition) is 1. The van der Waals surface area contributed by atoms with Crippen molar-refractivity contribution in [3.8, 4) is 0 Å². The zero-order valence-electron chi connectivity index (χ0n) is 8.13. The van der Waals surface area contributed by atoms with Crippen LogP contribution in [0.15, 0.2) is 11.6 Å². The van der Waals surface area contributed by atoms with Crippen LogP contribution in [-0.4, -0.2) is 17.0 Å². The Morgan fingerprint density at radius 2 is 2.08 bits per heavy atom. The highest BCUT2D eigenvalue weighted by molar-refractivity contribution is 5.65. The average molecular weight is 170 g/mol. The molecule has 0 aliphatic rings. The summed E-state index contributed by atoms with van der Waals surface area (Å²) in [4.78, 5) is 10.0. The van der Waals surface area contributed by atoms with Crippen molar-refractivity contribution in [3.05, 3.63) is 11.6 Å². The van der Waals surface area contributed by atoms with E-state index in [4.69, 9.17) is 0 Å². The van der Waals surface area contributed by atoms with E-state index in [0.717, 1.165) is 31.1 Å². The Balaban J connectivity index is 3.57. The van der Waals surface area contributed by atoms with Crippen molar-refractivity contribution in [3.63, 3.8) is 0 Å². The molecule has 0 amide bonds. The van der Waals surface area contributed by atoms with E-state index in [2.05, 4.69) is 0 Å². The normalized spacial score (nSPS) is 13.2. The predicted octanol–water partition coefficient (Wildman–Crippen LogP) is 2.07. The molecule has 0 spiro atoms. The number of aldehydes is 1. The fraction of sp³-hybridized carbons (Fsp3) is 0.700. The first-order valence-electron chi connectivity index (χ1n) is 4.29. The largest absolute Gasteiger partial charge is 0.390 e. The summed E-state index contributed by atoms with van der Waals surface area (Å²) >= 11 is 0. The molecule has 0 rings (SSSR count). The molecular weight excluding hydrogens is 152 g/mol. The van der Waals surface area contributed by atoms with Crippen molar-refractivity contribution >= 4 is 6.29 Å². The third-order valence-electron chi connectivity index (χ3n) is 1.71. The topological polar surface area (TPSA) is 37.3 Å². The minimum atomic E-state index is -0.582. The van der Waals surface area contributed by atoms with E-state index < -0.39 is 5.60 Å². The van der Waals surface area contributed by atoms with Crippen molar-refractivity contribution in [2.75, 3.05) is 0 Å². The third-order valence-corrected chi connectivity index (χ3v) is 1.71. The molecule has 2 heteroatoms. The van der Waals surface area contributed by atoms with Crippen LogP contribution in [0.3, 0.4) is 0 Å². The molecular formula is C10H18O2. The average Bonchev–Trinajstić information content (AvgIpc) is 1.84. The molecule has 0 atom stereocenters. The van der Waals surface area contributed by atoms with Gasteiger partial charge in [-0.3, -0.25) is 4.79 Å². The summed E-state index contributed by atoms with van der Waals surface area (Å²) in [6.45, 7) is 5.52. The molecule has 0 aromatic heterocycles. The second-order valence-corrected chi connectivity index (χ2v) is 3.82. The van der Waals surface area contributed by atoms with Crippen molar-refractivity contribution in [2.45, 2.75) is 45.6 Å². The van der Waals surface area contributed by atoms with E-state index in [0.29, 0.717) is 0 Å². The minimum absolute atomic E-state index is 0.582. The van der Waals surface area contributed by atoms with Gasteiger partial charge in [0, 0.05) is 0 Å². The van der Waals surface area contributed by atoms with Gasteiger partial charge in [-0.25, -0.2) is 0 Å². The fourth-order valence-corrected chi connectivity index (χ4v) is 0.999. The van der Waals surface area contributed by atoms with Crippen LogP contribution in [0.4, 0.5) is 0 Å². The van der Waals surface area contributed by atoms with E-state index in [1.165, 1.54) is 0 Å². The summed E-state index contributed by atoms with van der Waals surface area (Å²) in [6, 6.07) is 0. The molecule has 0 fully saturated rings. The van der Waals surface area contributed by atoms with Crippen molar-refractivity contribution in [1.82, 2.24) is 0 Å². The Bertz CT molecular complexity index is 163. The molecule has 1 N–H and O–H groups in total. The Hall–Kier alpha value is -0.630. The first kappa shape index (κ1) is 11.4. The zero-order valence-corrected chi connectivity index (χ0v) is 8.13. The molecule has 2 nitrogen and oxygen atoms in total. The molecule has 70 valence electrons. The molecule has 12 heavy (non-hydrogen) atoms. The first-order chi connectivity index (χ1) is 5.45. The maximum Gasteiger partial charge on any atom is 0.142 e. The highest BCUT2D eigenvalue weighted by atomic mass is 16.3. The van der Waals surface area contributed by atoms with Gasteiger partial charge in [-0.1, -0.05) is 5.57 Å².